The maximum atomic E-state index is 12.7. The molecular formula is C22H27ClN2O2. The minimum atomic E-state index is -0.433. The van der Waals surface area contributed by atoms with Crippen LogP contribution in [0.5, 0.6) is 0 Å². The van der Waals surface area contributed by atoms with Gasteiger partial charge in [-0.05, 0) is 23.3 Å². The predicted molar refractivity (Wildman–Crippen MR) is 109 cm³/mol. The van der Waals surface area contributed by atoms with Crippen molar-refractivity contribution in [3.8, 4) is 0 Å². The van der Waals surface area contributed by atoms with Crippen LogP contribution >= 0.6 is 11.6 Å². The molecule has 144 valence electrons. The summed E-state index contributed by atoms with van der Waals surface area (Å²) in [6.07, 6.45) is -0.433. The van der Waals surface area contributed by atoms with Crippen LogP contribution in [0, 0.1) is 0 Å². The summed E-state index contributed by atoms with van der Waals surface area (Å²) in [5, 5.41) is 3.77. The molecule has 1 saturated heterocycles. The van der Waals surface area contributed by atoms with Crippen molar-refractivity contribution < 1.29 is 9.53 Å². The topological polar surface area (TPSA) is 41.6 Å². The molecule has 1 heterocycles. The Kier molecular flexibility index (Phi) is 6.53. The van der Waals surface area contributed by atoms with Crippen LogP contribution in [0.15, 0.2) is 54.6 Å². The Morgan fingerprint density at radius 1 is 1.22 bits per heavy atom. The summed E-state index contributed by atoms with van der Waals surface area (Å²) in [4.78, 5) is 14.9. The van der Waals surface area contributed by atoms with Gasteiger partial charge in [-0.25, -0.2) is 0 Å². The number of carbonyl (C=O) groups is 1. The van der Waals surface area contributed by atoms with Crippen LogP contribution in [0.2, 0.25) is 5.02 Å². The first-order valence-corrected chi connectivity index (χ1v) is 9.73. The third-order valence-electron chi connectivity index (χ3n) is 5.00. The maximum Gasteiger partial charge on any atom is 0.250 e. The molecule has 0 radical (unpaired) electrons. The standard InChI is InChI=1S/C22H27ClN2O2/c1-22(2,18-9-6-10-19(23)13-18)16-24-21(26)20-15-25(11-12-27-20)14-17-7-4-3-5-8-17/h3-10,13,20H,11-12,14-16H2,1-2H3,(H,24,26). The average Bonchev–Trinajstić information content (AvgIpc) is 2.67. The number of carbonyl (C=O) groups excluding carboxylic acids is 1. The average molecular weight is 387 g/mol. The molecule has 1 atom stereocenters. The molecule has 27 heavy (non-hydrogen) atoms. The zero-order valence-corrected chi connectivity index (χ0v) is 16.7. The highest BCUT2D eigenvalue weighted by Gasteiger charge is 2.29. The quantitative estimate of drug-likeness (QED) is 0.824. The van der Waals surface area contributed by atoms with Crippen LogP contribution < -0.4 is 5.32 Å². The molecule has 0 bridgehead atoms. The number of nitrogens with one attached hydrogen (secondary N) is 1. The van der Waals surface area contributed by atoms with E-state index in [1.807, 2.05) is 42.5 Å². The summed E-state index contributed by atoms with van der Waals surface area (Å²) < 4.78 is 5.72. The maximum absolute atomic E-state index is 12.7. The van der Waals surface area contributed by atoms with Gasteiger partial charge in [0, 0.05) is 36.6 Å². The molecule has 0 aromatic heterocycles. The molecule has 0 aliphatic carbocycles. The van der Waals surface area contributed by atoms with Gasteiger partial charge < -0.3 is 10.1 Å². The lowest BCUT2D eigenvalue weighted by Crippen LogP contribution is -2.51. The second kappa shape index (κ2) is 8.87. The number of amides is 1. The summed E-state index contributed by atoms with van der Waals surface area (Å²) in [5.41, 5.74) is 2.14. The van der Waals surface area contributed by atoms with Crippen LogP contribution in [-0.4, -0.2) is 43.2 Å². The zero-order chi connectivity index (χ0) is 19.3. The molecule has 1 aliphatic rings. The minimum absolute atomic E-state index is 0.0529. The van der Waals surface area contributed by atoms with E-state index in [9.17, 15) is 4.79 Å². The van der Waals surface area contributed by atoms with Crippen molar-refractivity contribution >= 4 is 17.5 Å². The van der Waals surface area contributed by atoms with E-state index in [1.165, 1.54) is 5.56 Å². The van der Waals surface area contributed by atoms with E-state index in [-0.39, 0.29) is 11.3 Å². The fourth-order valence-corrected chi connectivity index (χ4v) is 3.47. The van der Waals surface area contributed by atoms with Gasteiger partial charge in [0.05, 0.1) is 6.61 Å². The van der Waals surface area contributed by atoms with E-state index in [4.69, 9.17) is 16.3 Å². The normalized spacial score (nSPS) is 18.3. The molecule has 1 fully saturated rings. The highest BCUT2D eigenvalue weighted by Crippen LogP contribution is 2.25. The van der Waals surface area contributed by atoms with Gasteiger partial charge in [0.2, 0.25) is 0 Å². The van der Waals surface area contributed by atoms with Gasteiger partial charge in [-0.15, -0.1) is 0 Å². The Morgan fingerprint density at radius 2 is 2.00 bits per heavy atom. The lowest BCUT2D eigenvalue weighted by Gasteiger charge is -2.33. The Morgan fingerprint density at radius 3 is 2.74 bits per heavy atom. The fraction of sp³-hybridized carbons (Fsp3) is 0.409. The predicted octanol–water partition coefficient (Wildman–Crippen LogP) is 3.63. The number of benzene rings is 2. The molecule has 1 unspecified atom stereocenters. The molecule has 2 aromatic rings. The van der Waals surface area contributed by atoms with Crippen molar-refractivity contribution in [2.75, 3.05) is 26.2 Å². The molecule has 1 amide bonds. The third-order valence-corrected chi connectivity index (χ3v) is 5.24. The molecule has 1 aliphatic heterocycles. The summed E-state index contributed by atoms with van der Waals surface area (Å²) >= 11 is 6.11. The van der Waals surface area contributed by atoms with E-state index in [1.54, 1.807) is 0 Å². The Labute approximate surface area is 166 Å². The first-order valence-electron chi connectivity index (χ1n) is 9.36. The fourth-order valence-electron chi connectivity index (χ4n) is 3.28. The lowest BCUT2D eigenvalue weighted by atomic mass is 9.84. The van der Waals surface area contributed by atoms with E-state index in [0.717, 1.165) is 18.7 Å². The summed E-state index contributed by atoms with van der Waals surface area (Å²) in [6.45, 7) is 7.59. The smallest absolute Gasteiger partial charge is 0.250 e. The van der Waals surface area contributed by atoms with E-state index < -0.39 is 6.10 Å². The molecule has 5 heteroatoms. The largest absolute Gasteiger partial charge is 0.366 e. The second-order valence-electron chi connectivity index (χ2n) is 7.69. The molecular weight excluding hydrogens is 360 g/mol. The number of ether oxygens (including phenoxy) is 1. The first kappa shape index (κ1) is 19.9. The first-order chi connectivity index (χ1) is 12.9. The van der Waals surface area contributed by atoms with Crippen LogP contribution in [0.3, 0.4) is 0 Å². The van der Waals surface area contributed by atoms with Crippen LogP contribution in [-0.2, 0) is 21.5 Å². The van der Waals surface area contributed by atoms with Gasteiger partial charge in [-0.3, -0.25) is 9.69 Å². The molecule has 1 N–H and O–H groups in total. The number of rotatable bonds is 6. The minimum Gasteiger partial charge on any atom is -0.366 e. The third kappa shape index (κ3) is 5.55. The van der Waals surface area contributed by atoms with Crippen molar-refractivity contribution in [3.63, 3.8) is 0 Å². The zero-order valence-electron chi connectivity index (χ0n) is 16.0. The number of hydrogen-bond acceptors (Lipinski definition) is 3. The highest BCUT2D eigenvalue weighted by molar-refractivity contribution is 6.30. The van der Waals surface area contributed by atoms with Gasteiger partial charge in [0.1, 0.15) is 6.10 Å². The molecule has 0 spiro atoms. The molecule has 3 rings (SSSR count). The van der Waals surface area contributed by atoms with E-state index >= 15 is 0 Å². The number of halogens is 1. The van der Waals surface area contributed by atoms with Crippen LogP contribution in [0.4, 0.5) is 0 Å². The van der Waals surface area contributed by atoms with Crippen LogP contribution in [0.25, 0.3) is 0 Å². The molecule has 0 saturated carbocycles. The summed E-state index contributed by atoms with van der Waals surface area (Å²) in [7, 11) is 0. The number of nitrogens with zero attached hydrogens (tertiary/aromatic N) is 1. The van der Waals surface area contributed by atoms with Crippen molar-refractivity contribution in [1.29, 1.82) is 0 Å². The monoisotopic (exact) mass is 386 g/mol. The highest BCUT2D eigenvalue weighted by atomic mass is 35.5. The van der Waals surface area contributed by atoms with Crippen molar-refractivity contribution in [2.45, 2.75) is 31.9 Å². The Hall–Kier alpha value is -1.88. The SMILES string of the molecule is CC(C)(CNC(=O)C1CN(Cc2ccccc2)CCO1)c1cccc(Cl)c1. The lowest BCUT2D eigenvalue weighted by molar-refractivity contribution is -0.139. The van der Waals surface area contributed by atoms with Crippen molar-refractivity contribution in [1.82, 2.24) is 10.2 Å². The second-order valence-corrected chi connectivity index (χ2v) is 8.13. The van der Waals surface area contributed by atoms with Gasteiger partial charge in [0.25, 0.3) is 5.91 Å². The van der Waals surface area contributed by atoms with Gasteiger partial charge in [0.15, 0.2) is 0 Å². The van der Waals surface area contributed by atoms with E-state index in [2.05, 4.69) is 36.2 Å². The Bertz CT molecular complexity index is 764. The van der Waals surface area contributed by atoms with Gasteiger partial charge >= 0.3 is 0 Å². The number of hydrogen-bond donors (Lipinski definition) is 1. The summed E-state index contributed by atoms with van der Waals surface area (Å²) in [5.74, 6) is -0.0529. The van der Waals surface area contributed by atoms with Crippen LogP contribution in [0.1, 0.15) is 25.0 Å². The molecule has 4 nitrogen and oxygen atoms in total. The summed E-state index contributed by atoms with van der Waals surface area (Å²) in [6, 6.07) is 18.1. The molecule has 2 aromatic carbocycles. The van der Waals surface area contributed by atoms with E-state index in [0.29, 0.717) is 24.7 Å². The van der Waals surface area contributed by atoms with Crippen molar-refractivity contribution in [2.24, 2.45) is 0 Å². The van der Waals surface area contributed by atoms with Gasteiger partial charge in [-0.2, -0.15) is 0 Å². The van der Waals surface area contributed by atoms with Crippen molar-refractivity contribution in [3.05, 3.63) is 70.7 Å². The Balaban J connectivity index is 1.54. The van der Waals surface area contributed by atoms with Gasteiger partial charge in [-0.1, -0.05) is 67.9 Å². The number of morpholine rings is 1.